The fraction of sp³-hybridized carbons (Fsp3) is 0.600. The van der Waals surface area contributed by atoms with Crippen LogP contribution in [-0.2, 0) is 14.9 Å². The third-order valence-electron chi connectivity index (χ3n) is 3.94. The third kappa shape index (κ3) is 8.34. The Morgan fingerprint density at radius 2 is 1.77 bits per heavy atom. The van der Waals surface area contributed by atoms with E-state index in [-0.39, 0.29) is 24.5 Å². The van der Waals surface area contributed by atoms with E-state index in [4.69, 9.17) is 9.47 Å². The predicted octanol–water partition coefficient (Wildman–Crippen LogP) is 3.35. The zero-order chi connectivity index (χ0) is 19.6. The van der Waals surface area contributed by atoms with Crippen LogP contribution in [0.5, 0.6) is 5.75 Å². The van der Waals surface area contributed by atoms with E-state index in [0.717, 1.165) is 18.7 Å². The number of ether oxygens (including phenoxy) is 2. The maximum atomic E-state index is 11.8. The van der Waals surface area contributed by atoms with Gasteiger partial charge in [-0.05, 0) is 43.0 Å². The van der Waals surface area contributed by atoms with Crippen molar-refractivity contribution in [2.75, 3.05) is 32.8 Å². The first-order valence-corrected chi connectivity index (χ1v) is 9.18. The van der Waals surface area contributed by atoms with Gasteiger partial charge in [-0.1, -0.05) is 39.8 Å². The molecule has 1 aromatic rings. The van der Waals surface area contributed by atoms with Crippen molar-refractivity contribution in [2.45, 2.75) is 46.5 Å². The Morgan fingerprint density at radius 1 is 1.12 bits per heavy atom. The summed E-state index contributed by atoms with van der Waals surface area (Å²) in [5, 5.41) is 2.21. The molecule has 0 aliphatic heterocycles. The van der Waals surface area contributed by atoms with Crippen LogP contribution in [0.2, 0.25) is 0 Å². The molecule has 0 saturated carbocycles. The first kappa shape index (κ1) is 22.0. The molecule has 6 heteroatoms. The highest BCUT2D eigenvalue weighted by atomic mass is 16.5. The minimum absolute atomic E-state index is 0.129. The molecule has 1 aromatic carbocycles. The van der Waals surface area contributed by atoms with Gasteiger partial charge in [-0.2, -0.15) is 0 Å². The molecule has 6 nitrogen and oxygen atoms in total. The van der Waals surface area contributed by atoms with Crippen molar-refractivity contribution in [3.8, 4) is 5.75 Å². The van der Waals surface area contributed by atoms with E-state index >= 15 is 0 Å². The van der Waals surface area contributed by atoms with Crippen molar-refractivity contribution < 1.29 is 19.1 Å². The number of nitrogens with one attached hydrogen (secondary N) is 1. The van der Waals surface area contributed by atoms with Crippen LogP contribution < -0.4 is 10.1 Å². The second kappa shape index (κ2) is 10.8. The van der Waals surface area contributed by atoms with E-state index in [9.17, 15) is 9.59 Å². The van der Waals surface area contributed by atoms with Gasteiger partial charge in [0.1, 0.15) is 5.75 Å². The summed E-state index contributed by atoms with van der Waals surface area (Å²) >= 11 is 0. The topological polar surface area (TPSA) is 67.9 Å². The zero-order valence-electron chi connectivity index (χ0n) is 16.6. The van der Waals surface area contributed by atoms with Gasteiger partial charge in [-0.25, -0.2) is 4.79 Å². The SMILES string of the molecule is CCOC(=O)NC(=O)CN(CC)CCCOc1ccc(C(C)(C)C)cc1. The van der Waals surface area contributed by atoms with E-state index in [1.165, 1.54) is 5.56 Å². The Kier molecular flexibility index (Phi) is 9.13. The van der Waals surface area contributed by atoms with E-state index in [2.05, 4.69) is 38.2 Å². The number of amides is 2. The highest BCUT2D eigenvalue weighted by Gasteiger charge is 2.14. The molecule has 0 spiro atoms. The largest absolute Gasteiger partial charge is 0.494 e. The van der Waals surface area contributed by atoms with Gasteiger partial charge in [0.25, 0.3) is 0 Å². The summed E-state index contributed by atoms with van der Waals surface area (Å²) in [4.78, 5) is 25.0. The number of hydrogen-bond acceptors (Lipinski definition) is 5. The number of carbonyl (C=O) groups excluding carboxylic acids is 2. The average Bonchev–Trinajstić information content (AvgIpc) is 2.57. The second-order valence-electron chi connectivity index (χ2n) is 7.11. The van der Waals surface area contributed by atoms with Gasteiger partial charge >= 0.3 is 6.09 Å². The summed E-state index contributed by atoms with van der Waals surface area (Å²) in [5.41, 5.74) is 1.40. The lowest BCUT2D eigenvalue weighted by Crippen LogP contribution is -2.40. The van der Waals surface area contributed by atoms with Gasteiger partial charge in [-0.3, -0.25) is 15.0 Å². The standard InChI is InChI=1S/C20H32N2O4/c1-6-22(15-18(23)21-19(24)25-7-2)13-8-14-26-17-11-9-16(10-12-17)20(3,4)5/h9-12H,6-8,13-15H2,1-5H3,(H,21,23,24). The molecule has 0 aromatic heterocycles. The van der Waals surface area contributed by atoms with Gasteiger partial charge in [0, 0.05) is 6.54 Å². The first-order valence-electron chi connectivity index (χ1n) is 9.18. The molecule has 26 heavy (non-hydrogen) atoms. The Morgan fingerprint density at radius 3 is 2.31 bits per heavy atom. The Balaban J connectivity index is 2.32. The lowest BCUT2D eigenvalue weighted by molar-refractivity contribution is -0.121. The van der Waals surface area contributed by atoms with Gasteiger partial charge in [0.05, 0.1) is 19.8 Å². The van der Waals surface area contributed by atoms with Gasteiger partial charge in [0.2, 0.25) is 5.91 Å². The molecule has 1 N–H and O–H groups in total. The van der Waals surface area contributed by atoms with Crippen LogP contribution in [0.25, 0.3) is 0 Å². The third-order valence-corrected chi connectivity index (χ3v) is 3.94. The molecule has 0 aliphatic carbocycles. The highest BCUT2D eigenvalue weighted by molar-refractivity contribution is 5.92. The molecule has 0 saturated heterocycles. The lowest BCUT2D eigenvalue weighted by atomic mass is 9.87. The second-order valence-corrected chi connectivity index (χ2v) is 7.11. The number of nitrogens with zero attached hydrogens (tertiary/aromatic N) is 1. The molecule has 0 unspecified atom stereocenters. The van der Waals surface area contributed by atoms with Gasteiger partial charge in [0.15, 0.2) is 0 Å². The molecule has 0 atom stereocenters. The smallest absolute Gasteiger partial charge is 0.413 e. The van der Waals surface area contributed by atoms with Crippen molar-refractivity contribution in [2.24, 2.45) is 0 Å². The Bertz CT molecular complexity index is 564. The summed E-state index contributed by atoms with van der Waals surface area (Å²) < 4.78 is 10.5. The van der Waals surface area contributed by atoms with Crippen LogP contribution in [0.1, 0.15) is 46.6 Å². The van der Waals surface area contributed by atoms with Crippen LogP contribution in [0, 0.1) is 0 Å². The van der Waals surface area contributed by atoms with E-state index in [0.29, 0.717) is 13.2 Å². The maximum Gasteiger partial charge on any atom is 0.413 e. The quantitative estimate of drug-likeness (QED) is 0.681. The minimum Gasteiger partial charge on any atom is -0.494 e. The van der Waals surface area contributed by atoms with Crippen molar-refractivity contribution in [1.82, 2.24) is 10.2 Å². The molecule has 0 radical (unpaired) electrons. The number of imide groups is 1. The van der Waals surface area contributed by atoms with Crippen LogP contribution in [-0.4, -0.2) is 49.7 Å². The summed E-state index contributed by atoms with van der Waals surface area (Å²) in [7, 11) is 0. The molecular formula is C20H32N2O4. The van der Waals surface area contributed by atoms with Crippen molar-refractivity contribution in [3.63, 3.8) is 0 Å². The van der Waals surface area contributed by atoms with Crippen LogP contribution in [0.15, 0.2) is 24.3 Å². The monoisotopic (exact) mass is 364 g/mol. The fourth-order valence-electron chi connectivity index (χ4n) is 2.40. The summed E-state index contributed by atoms with van der Waals surface area (Å²) in [6.45, 7) is 12.6. The van der Waals surface area contributed by atoms with Crippen LogP contribution in [0.3, 0.4) is 0 Å². The minimum atomic E-state index is -0.699. The number of benzene rings is 1. The molecule has 0 heterocycles. The molecule has 1 rings (SSSR count). The number of rotatable bonds is 9. The van der Waals surface area contributed by atoms with Crippen molar-refractivity contribution in [3.05, 3.63) is 29.8 Å². The summed E-state index contributed by atoms with van der Waals surface area (Å²) in [6.07, 6.45) is 0.0947. The van der Waals surface area contributed by atoms with Gasteiger partial charge in [-0.15, -0.1) is 0 Å². The molecule has 0 bridgehead atoms. The molecular weight excluding hydrogens is 332 g/mol. The van der Waals surface area contributed by atoms with Crippen LogP contribution in [0.4, 0.5) is 4.79 Å². The number of alkyl carbamates (subject to hydrolysis) is 1. The van der Waals surface area contributed by atoms with Crippen molar-refractivity contribution in [1.29, 1.82) is 0 Å². The van der Waals surface area contributed by atoms with E-state index < -0.39 is 6.09 Å². The van der Waals surface area contributed by atoms with E-state index in [1.807, 2.05) is 24.0 Å². The lowest BCUT2D eigenvalue weighted by Gasteiger charge is -2.20. The van der Waals surface area contributed by atoms with Gasteiger partial charge < -0.3 is 9.47 Å². The number of likely N-dealkylation sites (N-methyl/N-ethyl adjacent to an activating group) is 1. The number of carbonyl (C=O) groups is 2. The molecule has 0 aliphatic rings. The molecule has 2 amide bonds. The maximum absolute atomic E-state index is 11.8. The normalized spacial score (nSPS) is 11.3. The Labute approximate surface area is 156 Å². The molecule has 146 valence electrons. The number of hydrogen-bond donors (Lipinski definition) is 1. The fourth-order valence-corrected chi connectivity index (χ4v) is 2.40. The van der Waals surface area contributed by atoms with Crippen LogP contribution >= 0.6 is 0 Å². The highest BCUT2D eigenvalue weighted by Crippen LogP contribution is 2.24. The van der Waals surface area contributed by atoms with E-state index in [1.54, 1.807) is 6.92 Å². The average molecular weight is 364 g/mol. The molecule has 0 fully saturated rings. The van der Waals surface area contributed by atoms with Crippen molar-refractivity contribution >= 4 is 12.0 Å². The summed E-state index contributed by atoms with van der Waals surface area (Å²) in [5.74, 6) is 0.491. The summed E-state index contributed by atoms with van der Waals surface area (Å²) in [6, 6.07) is 8.16. The zero-order valence-corrected chi connectivity index (χ0v) is 16.6. The Hall–Kier alpha value is -2.08. The first-order chi connectivity index (χ1) is 12.3. The predicted molar refractivity (Wildman–Crippen MR) is 103 cm³/mol.